The molecule has 1 atom stereocenters. The van der Waals surface area contributed by atoms with Crippen LogP contribution in [0.3, 0.4) is 0 Å². The van der Waals surface area contributed by atoms with Crippen molar-refractivity contribution >= 4 is 16.0 Å². The smallest absolute Gasteiger partial charge is 0.264 e. The van der Waals surface area contributed by atoms with Crippen molar-refractivity contribution in [2.75, 3.05) is 51.7 Å². The van der Waals surface area contributed by atoms with Crippen LogP contribution in [0, 0.1) is 5.92 Å². The maximum atomic E-state index is 11.9. The monoisotopic (exact) mass is 351 g/mol. The quantitative estimate of drug-likeness (QED) is 0.343. The van der Waals surface area contributed by atoms with Crippen LogP contribution in [0.1, 0.15) is 33.1 Å². The summed E-state index contributed by atoms with van der Waals surface area (Å²) in [6.07, 6.45) is 2.02. The summed E-state index contributed by atoms with van der Waals surface area (Å²) in [6.45, 7) is 9.36. The number of quaternary nitrogens is 1. The predicted octanol–water partition coefficient (Wildman–Crippen LogP) is 0.664. The highest BCUT2D eigenvalue weighted by Crippen LogP contribution is 2.13. The maximum absolute atomic E-state index is 11.9. The fraction of sp³-hybridized carbons (Fsp3) is 0.933. The number of unbranched alkanes of at least 4 members (excludes halogenated alkanes) is 1. The molecule has 1 fully saturated rings. The molecule has 0 saturated carbocycles. The lowest BCUT2D eigenvalue weighted by molar-refractivity contribution is -0.934. The van der Waals surface area contributed by atoms with Crippen LogP contribution in [0.25, 0.3) is 0 Å². The van der Waals surface area contributed by atoms with E-state index >= 15 is 0 Å². The lowest BCUT2D eigenvalue weighted by Crippen LogP contribution is -2.58. The first-order valence-electron chi connectivity index (χ1n) is 8.44. The number of ether oxygens (including phenoxy) is 1. The third-order valence-corrected chi connectivity index (χ3v) is 5.45. The van der Waals surface area contributed by atoms with E-state index in [1.54, 1.807) is 0 Å². The molecule has 136 valence electrons. The molecule has 0 aliphatic carbocycles. The minimum Gasteiger partial charge on any atom is -0.370 e. The fourth-order valence-electron chi connectivity index (χ4n) is 2.80. The number of nitrogens with zero attached hydrogens (tertiary/aromatic N) is 1. The molecule has 0 spiro atoms. The van der Waals surface area contributed by atoms with E-state index in [1.807, 2.05) is 13.8 Å². The number of rotatable bonds is 10. The summed E-state index contributed by atoms with van der Waals surface area (Å²) in [5, 5.41) is 2.99. The Morgan fingerprint density at radius 1 is 1.26 bits per heavy atom. The van der Waals surface area contributed by atoms with E-state index in [-0.39, 0.29) is 17.6 Å². The van der Waals surface area contributed by atoms with E-state index in [1.165, 1.54) is 0 Å². The number of carbonyl (C=O) groups excluding carboxylic acids is 1. The first-order chi connectivity index (χ1) is 10.8. The van der Waals surface area contributed by atoms with Crippen molar-refractivity contribution < 1.29 is 27.0 Å². The van der Waals surface area contributed by atoms with E-state index in [9.17, 15) is 13.2 Å². The molecule has 0 aromatic carbocycles. The van der Waals surface area contributed by atoms with Crippen LogP contribution >= 0.6 is 0 Å². The number of carbonyl (C=O) groups is 1. The van der Waals surface area contributed by atoms with Crippen LogP contribution in [-0.2, 0) is 19.6 Å². The Morgan fingerprint density at radius 2 is 1.91 bits per heavy atom. The summed E-state index contributed by atoms with van der Waals surface area (Å²) < 4.78 is 36.6. The largest absolute Gasteiger partial charge is 0.370 e. The molecule has 0 aromatic rings. The van der Waals surface area contributed by atoms with Crippen LogP contribution < -0.4 is 5.32 Å². The molecule has 7 nitrogen and oxygen atoms in total. The van der Waals surface area contributed by atoms with Crippen LogP contribution in [-0.4, -0.2) is 75.1 Å². The second kappa shape index (κ2) is 9.56. The third-order valence-electron chi connectivity index (χ3n) is 4.65. The summed E-state index contributed by atoms with van der Waals surface area (Å²) in [7, 11) is -3.88. The van der Waals surface area contributed by atoms with Crippen LogP contribution in [0.15, 0.2) is 0 Å². The Kier molecular flexibility index (Phi) is 8.46. The summed E-state index contributed by atoms with van der Waals surface area (Å²) in [6, 6.07) is 0. The van der Waals surface area contributed by atoms with Crippen molar-refractivity contribution in [2.45, 2.75) is 33.1 Å². The Hall–Kier alpha value is -0.700. The number of nitrogens with one attached hydrogen (secondary N) is 1. The standard InChI is InChI=1S/C15H30N2O5S/c1-3-14(2)15(18)16-6-8-17(9-11-22-12-10-17)7-4-5-13-23(19,20)21/h14H,3-13H2,1-2H3,(H-,16,18,19,20,21)/p+1. The maximum Gasteiger partial charge on any atom is 0.264 e. The van der Waals surface area contributed by atoms with E-state index < -0.39 is 10.1 Å². The second-order valence-electron chi connectivity index (χ2n) is 6.44. The number of morpholine rings is 1. The molecule has 1 unspecified atom stereocenters. The summed E-state index contributed by atoms with van der Waals surface area (Å²) in [4.78, 5) is 11.9. The van der Waals surface area contributed by atoms with Crippen molar-refractivity contribution in [1.29, 1.82) is 0 Å². The third kappa shape index (κ3) is 8.10. The molecule has 1 amide bonds. The van der Waals surface area contributed by atoms with Gasteiger partial charge in [-0.3, -0.25) is 9.35 Å². The van der Waals surface area contributed by atoms with Gasteiger partial charge in [0.15, 0.2) is 0 Å². The molecular weight excluding hydrogens is 320 g/mol. The topological polar surface area (TPSA) is 92.7 Å². The Labute approximate surface area is 139 Å². The molecule has 1 aliphatic rings. The van der Waals surface area contributed by atoms with Gasteiger partial charge in [0.1, 0.15) is 13.1 Å². The molecule has 0 radical (unpaired) electrons. The first-order valence-corrected chi connectivity index (χ1v) is 10.0. The second-order valence-corrected chi connectivity index (χ2v) is 8.01. The van der Waals surface area contributed by atoms with Gasteiger partial charge in [0.05, 0.1) is 38.6 Å². The van der Waals surface area contributed by atoms with Gasteiger partial charge in [-0.15, -0.1) is 0 Å². The molecule has 1 heterocycles. The normalized spacial score (nSPS) is 19.3. The molecule has 0 bridgehead atoms. The molecule has 1 rings (SSSR count). The van der Waals surface area contributed by atoms with Crippen LogP contribution in [0.5, 0.6) is 0 Å². The Morgan fingerprint density at radius 3 is 2.48 bits per heavy atom. The zero-order valence-corrected chi connectivity index (χ0v) is 15.1. The molecule has 0 aromatic heterocycles. The van der Waals surface area contributed by atoms with Gasteiger partial charge in [0.2, 0.25) is 5.91 Å². The minimum atomic E-state index is -3.88. The number of amides is 1. The highest BCUT2D eigenvalue weighted by Gasteiger charge is 2.30. The van der Waals surface area contributed by atoms with Crippen molar-refractivity contribution in [3.8, 4) is 0 Å². The van der Waals surface area contributed by atoms with Gasteiger partial charge in [-0.2, -0.15) is 8.42 Å². The van der Waals surface area contributed by atoms with Gasteiger partial charge in [0.25, 0.3) is 10.1 Å². The van der Waals surface area contributed by atoms with Crippen LogP contribution in [0.2, 0.25) is 0 Å². The van der Waals surface area contributed by atoms with Crippen molar-refractivity contribution in [3.63, 3.8) is 0 Å². The van der Waals surface area contributed by atoms with Crippen molar-refractivity contribution in [3.05, 3.63) is 0 Å². The fourth-order valence-corrected chi connectivity index (χ4v) is 3.37. The van der Waals surface area contributed by atoms with Gasteiger partial charge in [-0.1, -0.05) is 13.8 Å². The molecule has 1 saturated heterocycles. The number of hydrogen-bond donors (Lipinski definition) is 2. The molecule has 2 N–H and O–H groups in total. The Bertz CT molecular complexity index is 460. The minimum absolute atomic E-state index is 0.0305. The molecule has 23 heavy (non-hydrogen) atoms. The van der Waals surface area contributed by atoms with Crippen molar-refractivity contribution in [1.82, 2.24) is 5.32 Å². The van der Waals surface area contributed by atoms with E-state index in [0.717, 1.165) is 43.5 Å². The lowest BCUT2D eigenvalue weighted by atomic mass is 10.1. The zero-order chi connectivity index (χ0) is 17.3. The van der Waals surface area contributed by atoms with E-state index in [2.05, 4.69) is 5.32 Å². The average molecular weight is 351 g/mol. The van der Waals surface area contributed by atoms with E-state index in [4.69, 9.17) is 9.29 Å². The highest BCUT2D eigenvalue weighted by atomic mass is 32.2. The molecule has 8 heteroatoms. The molecule has 1 aliphatic heterocycles. The van der Waals surface area contributed by atoms with Crippen molar-refractivity contribution in [2.24, 2.45) is 5.92 Å². The van der Waals surface area contributed by atoms with Gasteiger partial charge in [-0.05, 0) is 19.3 Å². The van der Waals surface area contributed by atoms with Gasteiger partial charge >= 0.3 is 0 Å². The summed E-state index contributed by atoms with van der Waals surface area (Å²) >= 11 is 0. The van der Waals surface area contributed by atoms with Crippen LogP contribution in [0.4, 0.5) is 0 Å². The Balaban J connectivity index is 2.43. The highest BCUT2D eigenvalue weighted by molar-refractivity contribution is 7.85. The first kappa shape index (κ1) is 20.3. The summed E-state index contributed by atoms with van der Waals surface area (Å²) in [5.74, 6) is -0.0676. The summed E-state index contributed by atoms with van der Waals surface area (Å²) in [5.41, 5.74) is 0. The van der Waals surface area contributed by atoms with Gasteiger partial charge < -0.3 is 14.5 Å². The average Bonchev–Trinajstić information content (AvgIpc) is 2.51. The zero-order valence-electron chi connectivity index (χ0n) is 14.3. The van der Waals surface area contributed by atoms with Gasteiger partial charge in [0, 0.05) is 5.92 Å². The predicted molar refractivity (Wildman–Crippen MR) is 88.7 cm³/mol. The van der Waals surface area contributed by atoms with Gasteiger partial charge in [-0.25, -0.2) is 0 Å². The van der Waals surface area contributed by atoms with E-state index in [0.29, 0.717) is 26.2 Å². The molecular formula is C15H31N2O5S+. The lowest BCUT2D eigenvalue weighted by Gasteiger charge is -2.41. The SMILES string of the molecule is CCC(C)C(=O)NCC[N+]1(CCCCS(=O)(=O)O)CCOCC1. The number of hydrogen-bond acceptors (Lipinski definition) is 4.